The van der Waals surface area contributed by atoms with E-state index in [1.165, 1.54) is 16.7 Å². The predicted octanol–water partition coefficient (Wildman–Crippen LogP) is 5.56. The number of rotatable bonds is 11. The Labute approximate surface area is 163 Å². The molecule has 0 heterocycles. The van der Waals surface area contributed by atoms with Gasteiger partial charge < -0.3 is 14.3 Å². The maximum absolute atomic E-state index is 11.0. The summed E-state index contributed by atoms with van der Waals surface area (Å²) in [5.41, 5.74) is 3.88. The summed E-state index contributed by atoms with van der Waals surface area (Å²) in [6.07, 6.45) is 6.64. The van der Waals surface area contributed by atoms with Crippen molar-refractivity contribution in [3.05, 3.63) is 71.3 Å². The number of carbonyl (C=O) groups excluding carboxylic acids is 1. The smallest absolute Gasteiger partial charge is 0.130 e. The molecule has 0 atom stereocenters. The second-order valence-electron chi connectivity index (χ2n) is 6.88. The minimum Gasteiger partial charge on any atom is -0.497 e. The number of Topliss-reactive ketones (excluding diaryl/α,β-unsaturated/α-hetero) is 1. The lowest BCUT2D eigenvalue weighted by atomic mass is 10.0. The fourth-order valence-corrected chi connectivity index (χ4v) is 2.79. The highest BCUT2D eigenvalue weighted by molar-refractivity contribution is 5.75. The van der Waals surface area contributed by atoms with Crippen molar-refractivity contribution in [1.82, 2.24) is 0 Å². The molecule has 2 rings (SSSR count). The molecule has 0 aliphatic carbocycles. The quantitative estimate of drug-likeness (QED) is 0.385. The number of methoxy groups -OCH3 is 1. The van der Waals surface area contributed by atoms with Crippen LogP contribution in [0.3, 0.4) is 0 Å². The molecular weight excluding hydrogens is 336 g/mol. The molecule has 0 bridgehead atoms. The number of benzene rings is 2. The third kappa shape index (κ3) is 8.12. The van der Waals surface area contributed by atoms with Gasteiger partial charge >= 0.3 is 0 Å². The summed E-state index contributed by atoms with van der Waals surface area (Å²) in [5.74, 6) is 2.00. The molecule has 0 spiro atoms. The van der Waals surface area contributed by atoms with E-state index in [0.717, 1.165) is 37.2 Å². The number of carbonyl (C=O) groups is 1. The van der Waals surface area contributed by atoms with Crippen LogP contribution in [0.5, 0.6) is 11.5 Å². The van der Waals surface area contributed by atoms with E-state index < -0.39 is 0 Å². The number of ketones is 1. The Balaban J connectivity index is 1.67. The summed E-state index contributed by atoms with van der Waals surface area (Å²) in [6, 6.07) is 16.3. The van der Waals surface area contributed by atoms with E-state index in [2.05, 4.69) is 25.1 Å². The first-order chi connectivity index (χ1) is 13.1. The van der Waals surface area contributed by atoms with Crippen molar-refractivity contribution in [2.75, 3.05) is 13.7 Å². The SMILES string of the molecule is COc1ccc(CCC(C)=CCCOc2ccc(CCC(C)=O)cc2)cc1. The van der Waals surface area contributed by atoms with Gasteiger partial charge in [-0.25, -0.2) is 0 Å². The zero-order valence-electron chi connectivity index (χ0n) is 16.7. The largest absolute Gasteiger partial charge is 0.497 e. The Morgan fingerprint density at radius 2 is 1.41 bits per heavy atom. The van der Waals surface area contributed by atoms with Crippen LogP contribution < -0.4 is 9.47 Å². The Bertz CT molecular complexity index is 727. The standard InChI is InChI=1S/C24H30O3/c1-19(6-8-21-10-14-23(26-3)15-11-21)5-4-18-27-24-16-12-22(13-17-24)9-7-20(2)25/h5,10-17H,4,6-9,18H2,1-3H3. The number of allylic oxidation sites excluding steroid dienone is 1. The molecule has 3 nitrogen and oxygen atoms in total. The molecule has 0 saturated carbocycles. The summed E-state index contributed by atoms with van der Waals surface area (Å²) in [4.78, 5) is 11.0. The van der Waals surface area contributed by atoms with Crippen molar-refractivity contribution in [1.29, 1.82) is 0 Å². The summed E-state index contributed by atoms with van der Waals surface area (Å²) >= 11 is 0. The van der Waals surface area contributed by atoms with Gasteiger partial charge in [0.05, 0.1) is 13.7 Å². The fourth-order valence-electron chi connectivity index (χ4n) is 2.79. The van der Waals surface area contributed by atoms with Gasteiger partial charge in [0.25, 0.3) is 0 Å². The van der Waals surface area contributed by atoms with Crippen molar-refractivity contribution in [3.63, 3.8) is 0 Å². The zero-order valence-corrected chi connectivity index (χ0v) is 16.7. The van der Waals surface area contributed by atoms with E-state index in [1.54, 1.807) is 14.0 Å². The molecular formula is C24H30O3. The molecule has 0 radical (unpaired) electrons. The van der Waals surface area contributed by atoms with Crippen molar-refractivity contribution in [2.45, 2.75) is 46.0 Å². The van der Waals surface area contributed by atoms with Gasteiger partial charge in [-0.05, 0) is 74.9 Å². The van der Waals surface area contributed by atoms with Crippen LogP contribution in [-0.4, -0.2) is 19.5 Å². The first kappa shape index (κ1) is 20.8. The normalized spacial score (nSPS) is 11.3. The lowest BCUT2D eigenvalue weighted by molar-refractivity contribution is -0.116. The Morgan fingerprint density at radius 3 is 1.96 bits per heavy atom. The van der Waals surface area contributed by atoms with E-state index in [-0.39, 0.29) is 5.78 Å². The number of hydrogen-bond donors (Lipinski definition) is 0. The van der Waals surface area contributed by atoms with Gasteiger partial charge in [0, 0.05) is 6.42 Å². The molecule has 0 fully saturated rings. The average molecular weight is 367 g/mol. The van der Waals surface area contributed by atoms with Crippen LogP contribution >= 0.6 is 0 Å². The van der Waals surface area contributed by atoms with Crippen LogP contribution in [0.4, 0.5) is 0 Å². The molecule has 3 heteroatoms. The highest BCUT2D eigenvalue weighted by Gasteiger charge is 1.99. The number of hydrogen-bond acceptors (Lipinski definition) is 3. The third-order valence-electron chi connectivity index (χ3n) is 4.54. The molecule has 0 aromatic heterocycles. The lowest BCUT2D eigenvalue weighted by Gasteiger charge is -2.07. The Hall–Kier alpha value is -2.55. The van der Waals surface area contributed by atoms with E-state index in [0.29, 0.717) is 13.0 Å². The fraction of sp³-hybridized carbons (Fsp3) is 0.375. The van der Waals surface area contributed by atoms with Gasteiger partial charge in [0.2, 0.25) is 0 Å². The molecule has 0 aliphatic heterocycles. The van der Waals surface area contributed by atoms with Crippen molar-refractivity contribution < 1.29 is 14.3 Å². The van der Waals surface area contributed by atoms with Crippen LogP contribution in [0.15, 0.2) is 60.2 Å². The highest BCUT2D eigenvalue weighted by atomic mass is 16.5. The number of aryl methyl sites for hydroxylation is 2. The maximum atomic E-state index is 11.0. The zero-order chi connectivity index (χ0) is 19.5. The van der Waals surface area contributed by atoms with E-state index in [9.17, 15) is 4.79 Å². The van der Waals surface area contributed by atoms with Crippen LogP contribution in [0.25, 0.3) is 0 Å². The van der Waals surface area contributed by atoms with Crippen LogP contribution in [0, 0.1) is 0 Å². The van der Waals surface area contributed by atoms with E-state index >= 15 is 0 Å². The Morgan fingerprint density at radius 1 is 0.852 bits per heavy atom. The van der Waals surface area contributed by atoms with E-state index in [4.69, 9.17) is 9.47 Å². The minimum atomic E-state index is 0.226. The maximum Gasteiger partial charge on any atom is 0.130 e. The van der Waals surface area contributed by atoms with E-state index in [1.807, 2.05) is 36.4 Å². The summed E-state index contributed by atoms with van der Waals surface area (Å²) in [7, 11) is 1.69. The monoisotopic (exact) mass is 366 g/mol. The number of ether oxygens (including phenoxy) is 2. The average Bonchev–Trinajstić information content (AvgIpc) is 2.69. The molecule has 0 saturated heterocycles. The lowest BCUT2D eigenvalue weighted by Crippen LogP contribution is -1.97. The topological polar surface area (TPSA) is 35.5 Å². The van der Waals surface area contributed by atoms with Gasteiger partial charge in [-0.2, -0.15) is 0 Å². The van der Waals surface area contributed by atoms with Gasteiger partial charge in [0.1, 0.15) is 17.3 Å². The third-order valence-corrected chi connectivity index (χ3v) is 4.54. The highest BCUT2D eigenvalue weighted by Crippen LogP contribution is 2.16. The molecule has 27 heavy (non-hydrogen) atoms. The van der Waals surface area contributed by atoms with Gasteiger partial charge in [-0.1, -0.05) is 35.9 Å². The predicted molar refractivity (Wildman–Crippen MR) is 111 cm³/mol. The van der Waals surface area contributed by atoms with Crippen LogP contribution in [-0.2, 0) is 17.6 Å². The first-order valence-corrected chi connectivity index (χ1v) is 9.56. The molecule has 0 amide bonds. The molecule has 0 unspecified atom stereocenters. The van der Waals surface area contributed by atoms with Crippen molar-refractivity contribution in [3.8, 4) is 11.5 Å². The first-order valence-electron chi connectivity index (χ1n) is 9.56. The van der Waals surface area contributed by atoms with Gasteiger partial charge in [0.15, 0.2) is 0 Å². The second-order valence-corrected chi connectivity index (χ2v) is 6.88. The van der Waals surface area contributed by atoms with Crippen molar-refractivity contribution >= 4 is 5.78 Å². The molecule has 0 N–H and O–H groups in total. The molecule has 2 aromatic carbocycles. The van der Waals surface area contributed by atoms with Crippen LogP contribution in [0.2, 0.25) is 0 Å². The molecule has 0 aliphatic rings. The summed E-state index contributed by atoms with van der Waals surface area (Å²) < 4.78 is 11.0. The summed E-state index contributed by atoms with van der Waals surface area (Å²) in [6.45, 7) is 4.48. The minimum absolute atomic E-state index is 0.226. The van der Waals surface area contributed by atoms with Gasteiger partial charge in [-0.3, -0.25) is 0 Å². The molecule has 2 aromatic rings. The molecule has 144 valence electrons. The van der Waals surface area contributed by atoms with Crippen molar-refractivity contribution in [2.24, 2.45) is 0 Å². The Kier molecular flexibility index (Phi) is 8.63. The summed E-state index contributed by atoms with van der Waals surface area (Å²) in [5, 5.41) is 0. The second kappa shape index (κ2) is 11.2. The van der Waals surface area contributed by atoms with Gasteiger partial charge in [-0.15, -0.1) is 0 Å². The van der Waals surface area contributed by atoms with Crippen LogP contribution in [0.1, 0.15) is 44.2 Å².